The van der Waals surface area contributed by atoms with E-state index in [2.05, 4.69) is 22.7 Å². The fourth-order valence-electron chi connectivity index (χ4n) is 1.81. The van der Waals surface area contributed by atoms with Gasteiger partial charge >= 0.3 is 0 Å². The highest BCUT2D eigenvalue weighted by atomic mass is 16.2. The lowest BCUT2D eigenvalue weighted by molar-refractivity contribution is 0.0955. The predicted molar refractivity (Wildman–Crippen MR) is 68.9 cm³/mol. The monoisotopic (exact) mass is 228 g/mol. The van der Waals surface area contributed by atoms with E-state index in [1.807, 2.05) is 24.4 Å². The van der Waals surface area contributed by atoms with Gasteiger partial charge in [0, 0.05) is 11.8 Å². The maximum Gasteiger partial charge on any atom is 0.271 e. The Balaban J connectivity index is 1.84. The quantitative estimate of drug-likeness (QED) is 0.482. The standard InChI is InChI=1S/C14H16N2O/c17-14(13-9-5-2-6-10-13)16-15-11-12-7-3-1-4-8-12/h1-3,5-6,9-12H,4,7-8H2,(H,16,17)/b15-11+. The molecule has 1 aromatic rings. The van der Waals surface area contributed by atoms with Crippen molar-refractivity contribution in [2.45, 2.75) is 19.3 Å². The molecule has 0 spiro atoms. The van der Waals surface area contributed by atoms with Gasteiger partial charge in [0.1, 0.15) is 0 Å². The molecular weight excluding hydrogens is 212 g/mol. The molecule has 0 saturated heterocycles. The molecule has 0 heterocycles. The van der Waals surface area contributed by atoms with Gasteiger partial charge in [-0.2, -0.15) is 5.10 Å². The van der Waals surface area contributed by atoms with Crippen LogP contribution in [0.3, 0.4) is 0 Å². The van der Waals surface area contributed by atoms with Crippen molar-refractivity contribution in [3.63, 3.8) is 0 Å². The van der Waals surface area contributed by atoms with Crippen LogP contribution in [0.25, 0.3) is 0 Å². The summed E-state index contributed by atoms with van der Waals surface area (Å²) in [6.45, 7) is 0. The van der Waals surface area contributed by atoms with Gasteiger partial charge in [-0.3, -0.25) is 4.79 Å². The minimum atomic E-state index is -0.159. The highest BCUT2D eigenvalue weighted by Gasteiger charge is 2.07. The Hall–Kier alpha value is -1.90. The Morgan fingerprint density at radius 1 is 1.29 bits per heavy atom. The molecule has 0 fully saturated rings. The molecule has 1 atom stereocenters. The van der Waals surface area contributed by atoms with E-state index in [-0.39, 0.29) is 5.91 Å². The Bertz CT molecular complexity index is 423. The van der Waals surface area contributed by atoms with Gasteiger partial charge < -0.3 is 0 Å². The van der Waals surface area contributed by atoms with Crippen molar-refractivity contribution in [1.82, 2.24) is 5.43 Å². The Morgan fingerprint density at radius 2 is 2.12 bits per heavy atom. The van der Waals surface area contributed by atoms with E-state index in [0.717, 1.165) is 19.3 Å². The van der Waals surface area contributed by atoms with Crippen LogP contribution in [0.1, 0.15) is 29.6 Å². The third kappa shape index (κ3) is 3.55. The molecule has 0 bridgehead atoms. The van der Waals surface area contributed by atoms with Gasteiger partial charge in [-0.05, 0) is 37.3 Å². The molecule has 3 heteroatoms. The number of amides is 1. The first kappa shape index (κ1) is 11.6. The minimum absolute atomic E-state index is 0.159. The number of nitrogens with one attached hydrogen (secondary N) is 1. The SMILES string of the molecule is O=C(N/N=C/C1CC=CCC1)c1ccccc1. The second-order valence-electron chi connectivity index (χ2n) is 4.13. The highest BCUT2D eigenvalue weighted by molar-refractivity contribution is 5.94. The van der Waals surface area contributed by atoms with Crippen LogP contribution in [-0.4, -0.2) is 12.1 Å². The number of hydrogen-bond donors (Lipinski definition) is 1. The van der Waals surface area contributed by atoms with Crippen molar-refractivity contribution in [2.24, 2.45) is 11.0 Å². The summed E-state index contributed by atoms with van der Waals surface area (Å²) in [5.41, 5.74) is 3.19. The van der Waals surface area contributed by atoms with Crippen molar-refractivity contribution >= 4 is 12.1 Å². The van der Waals surface area contributed by atoms with E-state index in [1.54, 1.807) is 12.1 Å². The lowest BCUT2D eigenvalue weighted by Gasteiger charge is -2.11. The topological polar surface area (TPSA) is 41.5 Å². The molecule has 0 saturated carbocycles. The van der Waals surface area contributed by atoms with E-state index in [1.165, 1.54) is 0 Å². The Kier molecular flexibility index (Phi) is 4.08. The molecule has 1 aliphatic rings. The van der Waals surface area contributed by atoms with E-state index < -0.39 is 0 Å². The lowest BCUT2D eigenvalue weighted by Crippen LogP contribution is -2.18. The van der Waals surface area contributed by atoms with Crippen LogP contribution in [0.5, 0.6) is 0 Å². The normalized spacial score (nSPS) is 19.4. The zero-order valence-corrected chi connectivity index (χ0v) is 9.67. The van der Waals surface area contributed by atoms with Crippen LogP contribution in [0, 0.1) is 5.92 Å². The van der Waals surface area contributed by atoms with Crippen molar-refractivity contribution in [3.8, 4) is 0 Å². The molecule has 1 aliphatic carbocycles. The second-order valence-corrected chi connectivity index (χ2v) is 4.13. The summed E-state index contributed by atoms with van der Waals surface area (Å²) in [7, 11) is 0. The smallest absolute Gasteiger partial charge is 0.267 e. The van der Waals surface area contributed by atoms with Gasteiger partial charge in [-0.25, -0.2) is 5.43 Å². The van der Waals surface area contributed by atoms with Crippen molar-refractivity contribution in [1.29, 1.82) is 0 Å². The third-order valence-electron chi connectivity index (χ3n) is 2.80. The van der Waals surface area contributed by atoms with Crippen LogP contribution < -0.4 is 5.43 Å². The fourth-order valence-corrected chi connectivity index (χ4v) is 1.81. The molecule has 1 N–H and O–H groups in total. The molecule has 0 aromatic heterocycles. The number of allylic oxidation sites excluding steroid dienone is 2. The molecule has 3 nitrogen and oxygen atoms in total. The molecule has 2 rings (SSSR count). The van der Waals surface area contributed by atoms with Crippen LogP contribution in [0.15, 0.2) is 47.6 Å². The minimum Gasteiger partial charge on any atom is -0.267 e. The number of carbonyl (C=O) groups is 1. The van der Waals surface area contributed by atoms with E-state index in [0.29, 0.717) is 11.5 Å². The molecule has 1 amide bonds. The average molecular weight is 228 g/mol. The molecule has 88 valence electrons. The van der Waals surface area contributed by atoms with E-state index >= 15 is 0 Å². The summed E-state index contributed by atoms with van der Waals surface area (Å²) in [4.78, 5) is 11.6. The average Bonchev–Trinajstić information content (AvgIpc) is 2.41. The number of rotatable bonds is 3. The van der Waals surface area contributed by atoms with Gasteiger partial charge in [0.2, 0.25) is 0 Å². The van der Waals surface area contributed by atoms with Crippen molar-refractivity contribution in [2.75, 3.05) is 0 Å². The summed E-state index contributed by atoms with van der Waals surface area (Å²) in [5, 5.41) is 4.01. The molecule has 17 heavy (non-hydrogen) atoms. The lowest BCUT2D eigenvalue weighted by atomic mass is 9.96. The maximum absolute atomic E-state index is 11.6. The first-order valence-corrected chi connectivity index (χ1v) is 5.90. The predicted octanol–water partition coefficient (Wildman–Crippen LogP) is 2.76. The fraction of sp³-hybridized carbons (Fsp3) is 0.286. The number of hydrogen-bond acceptors (Lipinski definition) is 2. The molecular formula is C14H16N2O. The largest absolute Gasteiger partial charge is 0.271 e. The van der Waals surface area contributed by atoms with Crippen LogP contribution >= 0.6 is 0 Å². The van der Waals surface area contributed by atoms with Crippen LogP contribution in [-0.2, 0) is 0 Å². The summed E-state index contributed by atoms with van der Waals surface area (Å²) in [6, 6.07) is 9.10. The van der Waals surface area contributed by atoms with Gasteiger partial charge in [-0.15, -0.1) is 0 Å². The van der Waals surface area contributed by atoms with Gasteiger partial charge in [0.05, 0.1) is 0 Å². The van der Waals surface area contributed by atoms with E-state index in [4.69, 9.17) is 0 Å². The van der Waals surface area contributed by atoms with E-state index in [9.17, 15) is 4.79 Å². The summed E-state index contributed by atoms with van der Waals surface area (Å²) >= 11 is 0. The summed E-state index contributed by atoms with van der Waals surface area (Å²) in [5.74, 6) is 0.296. The third-order valence-corrected chi connectivity index (χ3v) is 2.80. The zero-order valence-electron chi connectivity index (χ0n) is 9.67. The zero-order chi connectivity index (χ0) is 11.9. The number of carbonyl (C=O) groups excluding carboxylic acids is 1. The molecule has 1 unspecified atom stereocenters. The number of hydrazone groups is 1. The summed E-state index contributed by atoms with van der Waals surface area (Å²) < 4.78 is 0. The highest BCUT2D eigenvalue weighted by Crippen LogP contribution is 2.15. The van der Waals surface area contributed by atoms with Gasteiger partial charge in [0.15, 0.2) is 0 Å². The Morgan fingerprint density at radius 3 is 2.82 bits per heavy atom. The Labute approximate surface area is 101 Å². The van der Waals surface area contributed by atoms with Crippen molar-refractivity contribution < 1.29 is 4.79 Å². The molecule has 0 aliphatic heterocycles. The first-order chi connectivity index (χ1) is 8.36. The van der Waals surface area contributed by atoms with Crippen molar-refractivity contribution in [3.05, 3.63) is 48.0 Å². The second kappa shape index (κ2) is 5.99. The number of benzene rings is 1. The summed E-state index contributed by atoms with van der Waals surface area (Å²) in [6.07, 6.45) is 9.42. The van der Waals surface area contributed by atoms with Gasteiger partial charge in [-0.1, -0.05) is 30.4 Å². The first-order valence-electron chi connectivity index (χ1n) is 5.90. The maximum atomic E-state index is 11.6. The van der Waals surface area contributed by atoms with Crippen LogP contribution in [0.4, 0.5) is 0 Å². The van der Waals surface area contributed by atoms with Gasteiger partial charge in [0.25, 0.3) is 5.91 Å². The van der Waals surface area contributed by atoms with Crippen LogP contribution in [0.2, 0.25) is 0 Å². The molecule has 1 aromatic carbocycles. The number of nitrogens with zero attached hydrogens (tertiary/aromatic N) is 1. The molecule has 0 radical (unpaired) electrons.